The summed E-state index contributed by atoms with van der Waals surface area (Å²) < 4.78 is 0. The fourth-order valence-electron chi connectivity index (χ4n) is 3.12. The average Bonchev–Trinajstić information content (AvgIpc) is 3.18. The van der Waals surface area contributed by atoms with Crippen molar-refractivity contribution in [3.05, 3.63) is 52.2 Å². The number of benzene rings is 1. The molecule has 3 nitrogen and oxygen atoms in total. The molecule has 1 atom stereocenters. The molecule has 1 aromatic carbocycles. The second-order valence-electron chi connectivity index (χ2n) is 5.63. The topological polar surface area (TPSA) is 55.1 Å². The van der Waals surface area contributed by atoms with Crippen molar-refractivity contribution in [1.82, 2.24) is 0 Å². The molecule has 0 saturated heterocycles. The Kier molecular flexibility index (Phi) is 4.25. The highest BCUT2D eigenvalue weighted by Gasteiger charge is 2.27. The lowest BCUT2D eigenvalue weighted by molar-refractivity contribution is 0.100. The maximum atomic E-state index is 11.3. The average molecular weight is 300 g/mol. The van der Waals surface area contributed by atoms with Gasteiger partial charge in [-0.1, -0.05) is 25.0 Å². The fraction of sp³-hybridized carbons (Fsp3) is 0.353. The number of thiophene rings is 1. The predicted octanol–water partition coefficient (Wildman–Crippen LogP) is 4.19. The third-order valence-corrected chi connectivity index (χ3v) is 5.15. The number of nitrogens with one attached hydrogen (secondary N) is 1. The molecule has 110 valence electrons. The van der Waals surface area contributed by atoms with Crippen LogP contribution in [-0.4, -0.2) is 5.91 Å². The molecule has 21 heavy (non-hydrogen) atoms. The van der Waals surface area contributed by atoms with Crippen LogP contribution in [0.4, 0.5) is 5.69 Å². The number of carbonyl (C=O) groups is 1. The molecule has 1 heterocycles. The summed E-state index contributed by atoms with van der Waals surface area (Å²) in [5.74, 6) is 0.285. The molecule has 0 aliphatic heterocycles. The summed E-state index contributed by atoms with van der Waals surface area (Å²) in [5, 5.41) is 5.75. The van der Waals surface area contributed by atoms with E-state index in [0.717, 1.165) is 5.69 Å². The highest BCUT2D eigenvalue weighted by Crippen LogP contribution is 2.39. The van der Waals surface area contributed by atoms with Crippen molar-refractivity contribution in [1.29, 1.82) is 0 Å². The van der Waals surface area contributed by atoms with Gasteiger partial charge in [0, 0.05) is 16.1 Å². The van der Waals surface area contributed by atoms with Crippen LogP contribution in [0, 0.1) is 5.92 Å². The quantitative estimate of drug-likeness (QED) is 0.870. The molecule has 2 aromatic rings. The molecule has 1 amide bonds. The Hall–Kier alpha value is -1.81. The molecular weight excluding hydrogens is 280 g/mol. The third-order valence-electron chi connectivity index (χ3n) is 4.19. The van der Waals surface area contributed by atoms with E-state index in [9.17, 15) is 4.79 Å². The van der Waals surface area contributed by atoms with Gasteiger partial charge in [0.05, 0.1) is 6.04 Å². The minimum atomic E-state index is -0.382. The zero-order valence-corrected chi connectivity index (χ0v) is 12.7. The highest BCUT2D eigenvalue weighted by molar-refractivity contribution is 7.10. The van der Waals surface area contributed by atoms with E-state index in [-0.39, 0.29) is 5.91 Å². The van der Waals surface area contributed by atoms with Gasteiger partial charge in [-0.05, 0) is 48.4 Å². The van der Waals surface area contributed by atoms with Crippen LogP contribution >= 0.6 is 11.3 Å². The molecule has 0 radical (unpaired) electrons. The molecule has 1 aromatic heterocycles. The Bertz CT molecular complexity index is 603. The van der Waals surface area contributed by atoms with Crippen molar-refractivity contribution < 1.29 is 4.79 Å². The number of hydrogen-bond donors (Lipinski definition) is 2. The zero-order valence-electron chi connectivity index (χ0n) is 11.9. The SMILES string of the molecule is NC(=O)c1cccc(NC(c2cccs2)C2CCCC2)c1. The van der Waals surface area contributed by atoms with E-state index >= 15 is 0 Å². The van der Waals surface area contributed by atoms with Gasteiger partial charge in [0.2, 0.25) is 5.91 Å². The monoisotopic (exact) mass is 300 g/mol. The first-order valence-corrected chi connectivity index (χ1v) is 8.32. The van der Waals surface area contributed by atoms with E-state index in [1.165, 1.54) is 30.6 Å². The van der Waals surface area contributed by atoms with E-state index < -0.39 is 0 Å². The number of amides is 1. The van der Waals surface area contributed by atoms with Gasteiger partial charge in [0.1, 0.15) is 0 Å². The smallest absolute Gasteiger partial charge is 0.248 e. The standard InChI is InChI=1S/C17H20N2OS/c18-17(20)13-7-3-8-14(11-13)19-16(12-5-1-2-6-12)15-9-4-10-21-15/h3-4,7-12,16,19H,1-2,5-6H2,(H2,18,20). The van der Waals surface area contributed by atoms with Crippen LogP contribution in [0.15, 0.2) is 41.8 Å². The van der Waals surface area contributed by atoms with Crippen LogP contribution < -0.4 is 11.1 Å². The van der Waals surface area contributed by atoms with Crippen molar-refractivity contribution in [3.63, 3.8) is 0 Å². The second kappa shape index (κ2) is 6.31. The minimum absolute atomic E-state index is 0.329. The lowest BCUT2D eigenvalue weighted by Gasteiger charge is -2.25. The van der Waals surface area contributed by atoms with Gasteiger partial charge in [0.25, 0.3) is 0 Å². The van der Waals surface area contributed by atoms with Crippen molar-refractivity contribution in [2.45, 2.75) is 31.7 Å². The molecule has 0 bridgehead atoms. The molecule has 1 aliphatic carbocycles. The summed E-state index contributed by atoms with van der Waals surface area (Å²) in [6, 6.07) is 12.1. The number of nitrogens with two attached hydrogens (primary N) is 1. The third kappa shape index (κ3) is 3.27. The lowest BCUT2D eigenvalue weighted by Crippen LogP contribution is -2.18. The Morgan fingerprint density at radius 1 is 1.24 bits per heavy atom. The fourth-order valence-corrected chi connectivity index (χ4v) is 3.99. The van der Waals surface area contributed by atoms with Crippen LogP contribution in [-0.2, 0) is 0 Å². The van der Waals surface area contributed by atoms with E-state index in [1.807, 2.05) is 18.2 Å². The predicted molar refractivity (Wildman–Crippen MR) is 87.6 cm³/mol. The first-order chi connectivity index (χ1) is 10.2. The molecule has 3 N–H and O–H groups in total. The highest BCUT2D eigenvalue weighted by atomic mass is 32.1. The van der Waals surface area contributed by atoms with Gasteiger partial charge in [-0.3, -0.25) is 4.79 Å². The van der Waals surface area contributed by atoms with Gasteiger partial charge in [-0.2, -0.15) is 0 Å². The Morgan fingerprint density at radius 2 is 2.05 bits per heavy atom. The molecule has 1 unspecified atom stereocenters. The van der Waals surface area contributed by atoms with Gasteiger partial charge in [-0.25, -0.2) is 0 Å². The van der Waals surface area contributed by atoms with E-state index in [4.69, 9.17) is 5.73 Å². The zero-order chi connectivity index (χ0) is 14.7. The number of anilines is 1. The summed E-state index contributed by atoms with van der Waals surface area (Å²) in [7, 11) is 0. The van der Waals surface area contributed by atoms with Crippen molar-refractivity contribution >= 4 is 22.9 Å². The maximum Gasteiger partial charge on any atom is 0.248 e. The number of hydrogen-bond acceptors (Lipinski definition) is 3. The number of rotatable bonds is 5. The summed E-state index contributed by atoms with van der Waals surface area (Å²) in [5.41, 5.74) is 6.89. The van der Waals surface area contributed by atoms with E-state index in [2.05, 4.69) is 22.8 Å². The summed E-state index contributed by atoms with van der Waals surface area (Å²) in [6.07, 6.45) is 5.17. The van der Waals surface area contributed by atoms with Crippen LogP contribution in [0.1, 0.15) is 47.0 Å². The molecule has 1 fully saturated rings. The first kappa shape index (κ1) is 14.1. The normalized spacial score (nSPS) is 16.8. The van der Waals surface area contributed by atoms with Crippen molar-refractivity contribution in [2.24, 2.45) is 11.7 Å². The van der Waals surface area contributed by atoms with Crippen LogP contribution in [0.3, 0.4) is 0 Å². The first-order valence-electron chi connectivity index (χ1n) is 7.44. The van der Waals surface area contributed by atoms with Gasteiger partial charge in [-0.15, -0.1) is 11.3 Å². The number of carbonyl (C=O) groups excluding carboxylic acids is 1. The van der Waals surface area contributed by atoms with Crippen LogP contribution in [0.25, 0.3) is 0 Å². The van der Waals surface area contributed by atoms with Crippen molar-refractivity contribution in [2.75, 3.05) is 5.32 Å². The van der Waals surface area contributed by atoms with Crippen LogP contribution in [0.5, 0.6) is 0 Å². The van der Waals surface area contributed by atoms with Gasteiger partial charge < -0.3 is 11.1 Å². The van der Waals surface area contributed by atoms with E-state index in [0.29, 0.717) is 17.5 Å². The lowest BCUT2D eigenvalue weighted by atomic mass is 9.96. The Labute approximate surface area is 129 Å². The Morgan fingerprint density at radius 3 is 2.71 bits per heavy atom. The second-order valence-corrected chi connectivity index (χ2v) is 6.61. The Balaban J connectivity index is 1.84. The summed E-state index contributed by atoms with van der Waals surface area (Å²) in [6.45, 7) is 0. The molecule has 3 rings (SSSR count). The summed E-state index contributed by atoms with van der Waals surface area (Å²) >= 11 is 1.79. The van der Waals surface area contributed by atoms with E-state index in [1.54, 1.807) is 17.4 Å². The largest absolute Gasteiger partial charge is 0.377 e. The van der Waals surface area contributed by atoms with Gasteiger partial charge >= 0.3 is 0 Å². The molecule has 0 spiro atoms. The summed E-state index contributed by atoms with van der Waals surface area (Å²) in [4.78, 5) is 12.7. The molecule has 1 saturated carbocycles. The molecular formula is C17H20N2OS. The molecule has 1 aliphatic rings. The van der Waals surface area contributed by atoms with Crippen molar-refractivity contribution in [3.8, 4) is 0 Å². The van der Waals surface area contributed by atoms with Gasteiger partial charge in [0.15, 0.2) is 0 Å². The molecule has 4 heteroatoms. The maximum absolute atomic E-state index is 11.3. The minimum Gasteiger partial charge on any atom is -0.377 e. The van der Waals surface area contributed by atoms with Crippen LogP contribution in [0.2, 0.25) is 0 Å². The number of primary amides is 1.